The number of fused-ring (bicyclic) bond motifs is 2. The van der Waals surface area contributed by atoms with E-state index in [0.29, 0.717) is 0 Å². The SMILES string of the molecule is CCOCC=C1CC2CCC(C1)N2C. The van der Waals surface area contributed by atoms with E-state index in [9.17, 15) is 0 Å². The zero-order valence-corrected chi connectivity index (χ0v) is 9.33. The van der Waals surface area contributed by atoms with Gasteiger partial charge in [0.15, 0.2) is 0 Å². The lowest BCUT2D eigenvalue weighted by Gasteiger charge is -2.32. The standard InChI is InChI=1S/C12H21NO/c1-3-14-7-6-10-8-11-4-5-12(9-10)13(11)2/h6,11-12H,3-5,7-9H2,1-2H3. The first-order valence-electron chi connectivity index (χ1n) is 5.79. The molecule has 0 saturated carbocycles. The van der Waals surface area contributed by atoms with E-state index >= 15 is 0 Å². The third kappa shape index (κ3) is 2.01. The van der Waals surface area contributed by atoms with E-state index in [2.05, 4.69) is 24.9 Å². The van der Waals surface area contributed by atoms with Gasteiger partial charge in [-0.1, -0.05) is 11.6 Å². The summed E-state index contributed by atoms with van der Waals surface area (Å²) in [5, 5.41) is 0. The van der Waals surface area contributed by atoms with Crippen LogP contribution >= 0.6 is 0 Å². The van der Waals surface area contributed by atoms with Gasteiger partial charge in [0.1, 0.15) is 0 Å². The summed E-state index contributed by atoms with van der Waals surface area (Å²) in [4.78, 5) is 2.57. The molecule has 2 nitrogen and oxygen atoms in total. The third-order valence-electron chi connectivity index (χ3n) is 3.67. The second-order valence-corrected chi connectivity index (χ2v) is 4.48. The minimum absolute atomic E-state index is 0.814. The monoisotopic (exact) mass is 195 g/mol. The average Bonchev–Trinajstić information content (AvgIpc) is 2.41. The first-order valence-corrected chi connectivity index (χ1v) is 5.79. The zero-order valence-electron chi connectivity index (χ0n) is 9.33. The summed E-state index contributed by atoms with van der Waals surface area (Å²) in [5.41, 5.74) is 1.63. The number of nitrogens with zero attached hydrogens (tertiary/aromatic N) is 1. The summed E-state index contributed by atoms with van der Waals surface area (Å²) >= 11 is 0. The van der Waals surface area contributed by atoms with Gasteiger partial charge in [0.25, 0.3) is 0 Å². The van der Waals surface area contributed by atoms with Crippen molar-refractivity contribution in [2.45, 2.75) is 44.7 Å². The van der Waals surface area contributed by atoms with Crippen molar-refractivity contribution in [3.8, 4) is 0 Å². The topological polar surface area (TPSA) is 12.5 Å². The molecule has 0 aromatic heterocycles. The van der Waals surface area contributed by atoms with Crippen LogP contribution in [0.4, 0.5) is 0 Å². The maximum absolute atomic E-state index is 5.36. The number of ether oxygens (including phenoxy) is 1. The second kappa shape index (κ2) is 4.45. The Labute approximate surface area is 86.9 Å². The van der Waals surface area contributed by atoms with Crippen LogP contribution in [-0.4, -0.2) is 37.2 Å². The predicted octanol–water partition coefficient (Wildman–Crippen LogP) is 2.21. The van der Waals surface area contributed by atoms with Crippen molar-refractivity contribution >= 4 is 0 Å². The van der Waals surface area contributed by atoms with Crippen molar-refractivity contribution in [1.82, 2.24) is 4.90 Å². The number of hydrogen-bond donors (Lipinski definition) is 0. The van der Waals surface area contributed by atoms with Gasteiger partial charge in [-0.2, -0.15) is 0 Å². The van der Waals surface area contributed by atoms with E-state index in [0.717, 1.165) is 25.3 Å². The Morgan fingerprint density at radius 2 is 2.00 bits per heavy atom. The van der Waals surface area contributed by atoms with Gasteiger partial charge in [0.05, 0.1) is 6.61 Å². The number of piperidine rings is 1. The molecule has 2 bridgehead atoms. The summed E-state index contributed by atoms with van der Waals surface area (Å²) in [5.74, 6) is 0. The largest absolute Gasteiger partial charge is 0.378 e. The molecule has 0 aromatic carbocycles. The van der Waals surface area contributed by atoms with Crippen molar-refractivity contribution in [2.24, 2.45) is 0 Å². The lowest BCUT2D eigenvalue weighted by molar-refractivity contribution is 0.173. The summed E-state index contributed by atoms with van der Waals surface area (Å²) in [6, 6.07) is 1.64. The van der Waals surface area contributed by atoms with Crippen LogP contribution in [0.5, 0.6) is 0 Å². The maximum atomic E-state index is 5.36. The van der Waals surface area contributed by atoms with Gasteiger partial charge >= 0.3 is 0 Å². The van der Waals surface area contributed by atoms with Gasteiger partial charge in [-0.3, -0.25) is 4.90 Å². The maximum Gasteiger partial charge on any atom is 0.0649 e. The van der Waals surface area contributed by atoms with E-state index < -0.39 is 0 Å². The highest BCUT2D eigenvalue weighted by atomic mass is 16.5. The van der Waals surface area contributed by atoms with Gasteiger partial charge in [0, 0.05) is 18.7 Å². The van der Waals surface area contributed by atoms with Crippen LogP contribution in [0.2, 0.25) is 0 Å². The van der Waals surface area contributed by atoms with Crippen LogP contribution in [-0.2, 0) is 4.74 Å². The molecule has 2 aliphatic heterocycles. The normalized spacial score (nSPS) is 32.3. The molecular formula is C12H21NO. The zero-order chi connectivity index (χ0) is 9.97. The van der Waals surface area contributed by atoms with Crippen LogP contribution in [0, 0.1) is 0 Å². The minimum atomic E-state index is 0.814. The molecule has 80 valence electrons. The second-order valence-electron chi connectivity index (χ2n) is 4.48. The summed E-state index contributed by atoms with van der Waals surface area (Å²) < 4.78 is 5.36. The quantitative estimate of drug-likeness (QED) is 0.505. The molecule has 0 spiro atoms. The summed E-state index contributed by atoms with van der Waals surface area (Å²) in [6.45, 7) is 3.70. The average molecular weight is 195 g/mol. The highest BCUT2D eigenvalue weighted by Gasteiger charge is 2.35. The van der Waals surface area contributed by atoms with Crippen molar-refractivity contribution in [3.63, 3.8) is 0 Å². The molecule has 2 unspecified atom stereocenters. The van der Waals surface area contributed by atoms with Gasteiger partial charge < -0.3 is 4.74 Å². The molecule has 2 heteroatoms. The van der Waals surface area contributed by atoms with Gasteiger partial charge in [-0.05, 0) is 39.7 Å². The van der Waals surface area contributed by atoms with Crippen LogP contribution in [0.15, 0.2) is 11.6 Å². The fourth-order valence-electron chi connectivity index (χ4n) is 2.73. The first-order chi connectivity index (χ1) is 6.81. The van der Waals surface area contributed by atoms with Crippen molar-refractivity contribution in [3.05, 3.63) is 11.6 Å². The van der Waals surface area contributed by atoms with Crippen LogP contribution in [0.3, 0.4) is 0 Å². The predicted molar refractivity (Wildman–Crippen MR) is 58.4 cm³/mol. The Morgan fingerprint density at radius 1 is 1.36 bits per heavy atom. The van der Waals surface area contributed by atoms with Gasteiger partial charge in [-0.15, -0.1) is 0 Å². The lowest BCUT2D eigenvalue weighted by atomic mass is 9.97. The van der Waals surface area contributed by atoms with Gasteiger partial charge in [0.2, 0.25) is 0 Å². The highest BCUT2D eigenvalue weighted by molar-refractivity contribution is 5.13. The molecule has 0 aromatic rings. The molecule has 0 N–H and O–H groups in total. The Hall–Kier alpha value is -0.340. The van der Waals surface area contributed by atoms with E-state index in [1.165, 1.54) is 25.7 Å². The number of rotatable bonds is 3. The fraction of sp³-hybridized carbons (Fsp3) is 0.833. The lowest BCUT2D eigenvalue weighted by Crippen LogP contribution is -2.37. The Morgan fingerprint density at radius 3 is 2.57 bits per heavy atom. The molecule has 0 radical (unpaired) electrons. The van der Waals surface area contributed by atoms with Crippen molar-refractivity contribution < 1.29 is 4.74 Å². The van der Waals surface area contributed by atoms with E-state index in [1.54, 1.807) is 5.57 Å². The van der Waals surface area contributed by atoms with Crippen LogP contribution in [0.25, 0.3) is 0 Å². The molecule has 0 aliphatic carbocycles. The Balaban J connectivity index is 1.89. The molecule has 2 aliphatic rings. The Kier molecular flexibility index (Phi) is 3.24. The molecular weight excluding hydrogens is 174 g/mol. The van der Waals surface area contributed by atoms with Crippen molar-refractivity contribution in [1.29, 1.82) is 0 Å². The van der Waals surface area contributed by atoms with Crippen LogP contribution in [0.1, 0.15) is 32.6 Å². The van der Waals surface area contributed by atoms with Crippen LogP contribution < -0.4 is 0 Å². The minimum Gasteiger partial charge on any atom is -0.378 e. The van der Waals surface area contributed by atoms with E-state index in [-0.39, 0.29) is 0 Å². The molecule has 14 heavy (non-hydrogen) atoms. The fourth-order valence-corrected chi connectivity index (χ4v) is 2.73. The first kappa shape index (κ1) is 10.2. The third-order valence-corrected chi connectivity index (χ3v) is 3.67. The van der Waals surface area contributed by atoms with E-state index in [4.69, 9.17) is 4.74 Å². The number of hydrogen-bond acceptors (Lipinski definition) is 2. The van der Waals surface area contributed by atoms with E-state index in [1.807, 2.05) is 0 Å². The highest BCUT2D eigenvalue weighted by Crippen LogP contribution is 2.36. The molecule has 2 rings (SSSR count). The molecule has 2 fully saturated rings. The summed E-state index contributed by atoms with van der Waals surface area (Å²) in [6.07, 6.45) is 7.66. The molecule has 2 heterocycles. The molecule has 0 amide bonds. The Bertz CT molecular complexity index is 208. The van der Waals surface area contributed by atoms with Crippen molar-refractivity contribution in [2.75, 3.05) is 20.3 Å². The summed E-state index contributed by atoms with van der Waals surface area (Å²) in [7, 11) is 2.28. The smallest absolute Gasteiger partial charge is 0.0649 e. The van der Waals surface area contributed by atoms with Gasteiger partial charge in [-0.25, -0.2) is 0 Å². The molecule has 2 saturated heterocycles. The molecule has 2 atom stereocenters.